The monoisotopic (exact) mass is 493 g/mol. The molecule has 1 saturated heterocycles. The Balaban J connectivity index is 1.28. The minimum absolute atomic E-state index is 0.0351. The highest BCUT2D eigenvalue weighted by Crippen LogP contribution is 2.30. The van der Waals surface area contributed by atoms with Crippen LogP contribution in [0.2, 0.25) is 0 Å². The topological polar surface area (TPSA) is 109 Å². The van der Waals surface area contributed by atoms with E-state index in [4.69, 9.17) is 4.42 Å². The van der Waals surface area contributed by atoms with Crippen molar-refractivity contribution in [3.63, 3.8) is 0 Å². The fraction of sp³-hybridized carbons (Fsp3) is 0.350. The summed E-state index contributed by atoms with van der Waals surface area (Å²) in [5.74, 6) is 0.762. The quantitative estimate of drug-likeness (QED) is 0.477. The van der Waals surface area contributed by atoms with E-state index in [2.05, 4.69) is 15.5 Å². The number of nitrogens with one attached hydrogen (secondary N) is 1. The van der Waals surface area contributed by atoms with Gasteiger partial charge in [-0.05, 0) is 31.2 Å². The van der Waals surface area contributed by atoms with Gasteiger partial charge in [0.2, 0.25) is 21.1 Å². The Morgan fingerprint density at radius 3 is 2.59 bits per heavy atom. The Morgan fingerprint density at radius 1 is 1.16 bits per heavy atom. The first-order valence-corrected chi connectivity index (χ1v) is 13.2. The number of nitrogens with zero attached hydrogens (tertiary/aromatic N) is 4. The predicted octanol–water partition coefficient (Wildman–Crippen LogP) is 2.76. The van der Waals surface area contributed by atoms with Gasteiger partial charge >= 0.3 is 0 Å². The molecule has 0 saturated carbocycles. The van der Waals surface area contributed by atoms with Gasteiger partial charge in [0.1, 0.15) is 5.76 Å². The zero-order valence-corrected chi connectivity index (χ0v) is 19.8. The molecule has 1 aliphatic heterocycles. The van der Waals surface area contributed by atoms with Crippen molar-refractivity contribution < 1.29 is 17.6 Å². The van der Waals surface area contributed by atoms with E-state index in [9.17, 15) is 13.2 Å². The van der Waals surface area contributed by atoms with E-state index >= 15 is 0 Å². The molecule has 4 rings (SSSR count). The van der Waals surface area contributed by atoms with Crippen LogP contribution in [0.15, 0.2) is 62.4 Å². The number of furan rings is 1. The molecule has 9 nitrogen and oxygen atoms in total. The number of rotatable bonds is 8. The average molecular weight is 494 g/mol. The number of amides is 1. The lowest BCUT2D eigenvalue weighted by atomic mass is 10.3. The first-order valence-electron chi connectivity index (χ1n) is 10.0. The molecule has 0 spiro atoms. The molecule has 170 valence electrons. The number of thioether (sulfide) groups is 1. The number of aromatic nitrogens is 2. The molecule has 0 bridgehead atoms. The van der Waals surface area contributed by atoms with E-state index in [1.165, 1.54) is 27.4 Å². The van der Waals surface area contributed by atoms with Crippen molar-refractivity contribution in [2.75, 3.05) is 31.5 Å². The molecule has 1 unspecified atom stereocenters. The normalized spacial score (nSPS) is 16.1. The van der Waals surface area contributed by atoms with Crippen LogP contribution in [-0.2, 0) is 21.4 Å². The molecule has 3 heterocycles. The summed E-state index contributed by atoms with van der Waals surface area (Å²) in [6.45, 7) is 3.62. The molecule has 12 heteroatoms. The first kappa shape index (κ1) is 22.8. The van der Waals surface area contributed by atoms with Gasteiger partial charge in [-0.2, -0.15) is 4.31 Å². The van der Waals surface area contributed by atoms with Crippen LogP contribution in [0.3, 0.4) is 0 Å². The van der Waals surface area contributed by atoms with Gasteiger partial charge in [0, 0.05) is 26.2 Å². The second-order valence-corrected chi connectivity index (χ2v) is 11.6. The molecule has 32 heavy (non-hydrogen) atoms. The fourth-order valence-electron chi connectivity index (χ4n) is 3.25. The van der Waals surface area contributed by atoms with Gasteiger partial charge in [-0.15, -0.1) is 10.2 Å². The fourth-order valence-corrected chi connectivity index (χ4v) is 6.67. The summed E-state index contributed by atoms with van der Waals surface area (Å²) in [7, 11) is -3.54. The zero-order valence-electron chi connectivity index (χ0n) is 17.4. The van der Waals surface area contributed by atoms with Crippen LogP contribution in [0.25, 0.3) is 0 Å². The molecule has 1 N–H and O–H groups in total. The smallest absolute Gasteiger partial charge is 0.243 e. The Bertz CT molecular complexity index is 1130. The lowest BCUT2D eigenvalue weighted by molar-refractivity contribution is -0.131. The summed E-state index contributed by atoms with van der Waals surface area (Å²) < 4.78 is 32.9. The van der Waals surface area contributed by atoms with Crippen molar-refractivity contribution in [2.45, 2.75) is 28.0 Å². The second kappa shape index (κ2) is 10.0. The van der Waals surface area contributed by atoms with Crippen LogP contribution in [0.1, 0.15) is 12.7 Å². The SMILES string of the molecule is CC(Sc1nnc(NCc2ccco2)s1)C(=O)N1CCN(S(=O)(=O)c2ccccc2)CC1. The molecule has 2 aromatic heterocycles. The van der Waals surface area contributed by atoms with Crippen molar-refractivity contribution >= 4 is 44.2 Å². The third kappa shape index (κ3) is 5.31. The number of sulfonamides is 1. The van der Waals surface area contributed by atoms with Crippen LogP contribution < -0.4 is 5.32 Å². The summed E-state index contributed by atoms with van der Waals surface area (Å²) in [5, 5.41) is 11.7. The predicted molar refractivity (Wildman–Crippen MR) is 123 cm³/mol. The van der Waals surface area contributed by atoms with Crippen LogP contribution in [0, 0.1) is 0 Å². The maximum atomic E-state index is 12.9. The lowest BCUT2D eigenvalue weighted by Crippen LogP contribution is -2.52. The Labute approximate surface area is 194 Å². The van der Waals surface area contributed by atoms with Gasteiger partial charge < -0.3 is 14.6 Å². The summed E-state index contributed by atoms with van der Waals surface area (Å²) >= 11 is 2.73. The molecule has 1 aliphatic rings. The van der Waals surface area contributed by atoms with Gasteiger partial charge in [0.15, 0.2) is 4.34 Å². The summed E-state index contributed by atoms with van der Waals surface area (Å²) in [4.78, 5) is 14.9. The van der Waals surface area contributed by atoms with Crippen molar-refractivity contribution in [2.24, 2.45) is 0 Å². The summed E-state index contributed by atoms with van der Waals surface area (Å²) in [6.07, 6.45) is 1.61. The molecular weight excluding hydrogens is 470 g/mol. The molecule has 1 aromatic carbocycles. The third-order valence-corrected chi connectivity index (χ3v) is 8.92. The van der Waals surface area contributed by atoms with Gasteiger partial charge in [0.05, 0.1) is 23.0 Å². The van der Waals surface area contributed by atoms with Crippen molar-refractivity contribution in [1.82, 2.24) is 19.4 Å². The number of hydrogen-bond donors (Lipinski definition) is 1. The number of carbonyl (C=O) groups is 1. The third-order valence-electron chi connectivity index (χ3n) is 4.96. The van der Waals surface area contributed by atoms with Crippen LogP contribution >= 0.6 is 23.1 Å². The maximum Gasteiger partial charge on any atom is 0.243 e. The van der Waals surface area contributed by atoms with Gasteiger partial charge in [-0.1, -0.05) is 41.3 Å². The van der Waals surface area contributed by atoms with Crippen molar-refractivity contribution in [1.29, 1.82) is 0 Å². The Kier molecular flexibility index (Phi) is 7.13. The molecule has 0 radical (unpaired) electrons. The van der Waals surface area contributed by atoms with E-state index < -0.39 is 10.0 Å². The molecule has 1 fully saturated rings. The molecular formula is C20H23N5O4S3. The summed E-state index contributed by atoms with van der Waals surface area (Å²) in [6, 6.07) is 12.1. The van der Waals surface area contributed by atoms with E-state index in [1.54, 1.807) is 41.5 Å². The lowest BCUT2D eigenvalue weighted by Gasteiger charge is -2.35. The zero-order chi connectivity index (χ0) is 22.6. The number of anilines is 1. The highest BCUT2D eigenvalue weighted by molar-refractivity contribution is 8.02. The number of piperazine rings is 1. The van der Waals surface area contributed by atoms with Crippen LogP contribution in [0.5, 0.6) is 0 Å². The van der Waals surface area contributed by atoms with E-state index in [1.807, 2.05) is 19.1 Å². The van der Waals surface area contributed by atoms with E-state index in [0.717, 1.165) is 5.76 Å². The van der Waals surface area contributed by atoms with E-state index in [-0.39, 0.29) is 29.1 Å². The molecule has 1 atom stereocenters. The molecule has 1 amide bonds. The molecule has 0 aliphatic carbocycles. The largest absolute Gasteiger partial charge is 0.467 e. The van der Waals surface area contributed by atoms with Crippen molar-refractivity contribution in [3.05, 3.63) is 54.5 Å². The first-order chi connectivity index (χ1) is 15.4. The van der Waals surface area contributed by atoms with Crippen molar-refractivity contribution in [3.8, 4) is 0 Å². The average Bonchev–Trinajstić information content (AvgIpc) is 3.50. The minimum atomic E-state index is -3.54. The van der Waals surface area contributed by atoms with Crippen LogP contribution in [-0.4, -0.2) is 65.2 Å². The van der Waals surface area contributed by atoms with Crippen LogP contribution in [0.4, 0.5) is 5.13 Å². The number of hydrogen-bond acceptors (Lipinski definition) is 9. The maximum absolute atomic E-state index is 12.9. The summed E-state index contributed by atoms with van der Waals surface area (Å²) in [5.41, 5.74) is 0. The molecule has 3 aromatic rings. The van der Waals surface area contributed by atoms with E-state index in [0.29, 0.717) is 29.1 Å². The van der Waals surface area contributed by atoms with Gasteiger partial charge in [-0.25, -0.2) is 8.42 Å². The Hall–Kier alpha value is -2.41. The Morgan fingerprint density at radius 2 is 1.91 bits per heavy atom. The standard InChI is InChI=1S/C20H23N5O4S3/c1-15(30-20-23-22-19(31-20)21-14-16-6-5-13-29-16)18(26)24-9-11-25(12-10-24)32(27,28)17-7-3-2-4-8-17/h2-8,13,15H,9-12,14H2,1H3,(H,21,22). The highest BCUT2D eigenvalue weighted by Gasteiger charge is 2.31. The number of carbonyl (C=O) groups excluding carboxylic acids is 1. The van der Waals surface area contributed by atoms with Gasteiger partial charge in [-0.3, -0.25) is 4.79 Å². The highest BCUT2D eigenvalue weighted by atomic mass is 32.2. The minimum Gasteiger partial charge on any atom is -0.467 e. The van der Waals surface area contributed by atoms with Gasteiger partial charge in [0.25, 0.3) is 0 Å². The number of benzene rings is 1. The second-order valence-electron chi connectivity index (χ2n) is 7.11.